The molecule has 0 aliphatic heterocycles. The maximum Gasteiger partial charge on any atom is 0.0540 e. The highest BCUT2D eigenvalue weighted by molar-refractivity contribution is 4.57. The summed E-state index contributed by atoms with van der Waals surface area (Å²) in [7, 11) is 0. The van der Waals surface area contributed by atoms with Crippen molar-refractivity contribution in [3.8, 4) is 0 Å². The van der Waals surface area contributed by atoms with Crippen molar-refractivity contribution in [2.45, 2.75) is 167 Å². The monoisotopic (exact) mass is 460 g/mol. The zero-order valence-electron chi connectivity index (χ0n) is 21.9. The van der Waals surface area contributed by atoms with Gasteiger partial charge in [0.1, 0.15) is 0 Å². The molecule has 0 fully saturated rings. The molecule has 2 atom stereocenters. The fourth-order valence-corrected chi connectivity index (χ4v) is 3.95. The van der Waals surface area contributed by atoms with Gasteiger partial charge < -0.3 is 20.4 Å². The molecule has 0 rings (SSSR count). The summed E-state index contributed by atoms with van der Waals surface area (Å²) in [6.07, 6.45) is 25.0. The molecule has 4 heteroatoms. The van der Waals surface area contributed by atoms with Gasteiger partial charge in [-0.25, -0.2) is 0 Å². The Hall–Kier alpha value is -0.160. The number of hydrogen-bond donors (Lipinski definition) is 4. The van der Waals surface area contributed by atoms with Crippen LogP contribution in [0.4, 0.5) is 0 Å². The van der Waals surface area contributed by atoms with E-state index in [0.29, 0.717) is 13.2 Å². The van der Waals surface area contributed by atoms with E-state index in [9.17, 15) is 10.2 Å². The van der Waals surface area contributed by atoms with Gasteiger partial charge >= 0.3 is 0 Å². The number of hydrogen-bond acceptors (Lipinski definition) is 4. The quantitative estimate of drug-likeness (QED) is 0.114. The zero-order chi connectivity index (χ0) is 24.1. The first kappa shape index (κ1) is 34.0. The molecule has 0 spiro atoms. The van der Waals surface area contributed by atoms with Gasteiger partial charge in [0.2, 0.25) is 0 Å². The van der Waals surface area contributed by atoms with Gasteiger partial charge in [0.25, 0.3) is 0 Å². The first-order valence-corrected chi connectivity index (χ1v) is 14.2. The molecule has 196 valence electrons. The molecular weight excluding hydrogens is 400 g/mol. The third-order valence-electron chi connectivity index (χ3n) is 6.17. The van der Waals surface area contributed by atoms with Gasteiger partial charge in [0.05, 0.1) is 12.2 Å². The van der Waals surface area contributed by atoms with Crippen LogP contribution in [0, 0.1) is 0 Å². The van der Waals surface area contributed by atoms with Crippen molar-refractivity contribution in [3.63, 3.8) is 0 Å². The van der Waals surface area contributed by atoms with Gasteiger partial charge in [0.15, 0.2) is 0 Å². The summed E-state index contributed by atoms with van der Waals surface area (Å²) in [5.74, 6) is 0. The van der Waals surface area contributed by atoms with Crippen LogP contribution in [0.15, 0.2) is 0 Å². The molecule has 2 unspecified atom stereocenters. The largest absolute Gasteiger partial charge is 0.396 e. The minimum Gasteiger partial charge on any atom is -0.396 e. The summed E-state index contributed by atoms with van der Waals surface area (Å²) < 4.78 is 0. The van der Waals surface area contributed by atoms with Crippen LogP contribution in [0.2, 0.25) is 0 Å². The molecule has 0 saturated carbocycles. The van der Waals surface area contributed by atoms with Gasteiger partial charge in [0, 0.05) is 13.2 Å². The molecule has 4 N–H and O–H groups in total. The Morgan fingerprint density at radius 2 is 0.625 bits per heavy atom. The highest BCUT2D eigenvalue weighted by Crippen LogP contribution is 2.13. The molecule has 0 saturated heterocycles. The van der Waals surface area contributed by atoms with Crippen LogP contribution in [0.25, 0.3) is 0 Å². The van der Waals surface area contributed by atoms with E-state index in [1.54, 1.807) is 0 Å². The number of aliphatic hydroxyl groups excluding tert-OH is 4. The second-order valence-electron chi connectivity index (χ2n) is 9.57. The summed E-state index contributed by atoms with van der Waals surface area (Å²) >= 11 is 0. The Balaban J connectivity index is 0. The van der Waals surface area contributed by atoms with Crippen LogP contribution in [0.1, 0.15) is 155 Å². The molecule has 32 heavy (non-hydrogen) atoms. The van der Waals surface area contributed by atoms with E-state index < -0.39 is 0 Å². The summed E-state index contributed by atoms with van der Waals surface area (Å²) in [6.45, 7) is 5.05. The lowest BCUT2D eigenvalue weighted by Crippen LogP contribution is -2.05. The summed E-state index contributed by atoms with van der Waals surface area (Å²) in [4.78, 5) is 0. The topological polar surface area (TPSA) is 80.9 Å². The highest BCUT2D eigenvalue weighted by atomic mass is 16.3. The van der Waals surface area contributed by atoms with E-state index >= 15 is 0 Å². The van der Waals surface area contributed by atoms with Crippen LogP contribution in [-0.4, -0.2) is 45.8 Å². The average molecular weight is 461 g/mol. The molecule has 0 aliphatic rings. The predicted molar refractivity (Wildman–Crippen MR) is 139 cm³/mol. The van der Waals surface area contributed by atoms with Crippen molar-refractivity contribution in [2.75, 3.05) is 13.2 Å². The van der Waals surface area contributed by atoms with E-state index in [-0.39, 0.29) is 12.2 Å². The molecule has 0 heterocycles. The van der Waals surface area contributed by atoms with E-state index in [1.165, 1.54) is 77.0 Å². The first-order chi connectivity index (χ1) is 15.6. The second kappa shape index (κ2) is 30.8. The first-order valence-electron chi connectivity index (χ1n) is 14.2. The lowest BCUT2D eigenvalue weighted by atomic mass is 10.0. The van der Waals surface area contributed by atoms with Crippen LogP contribution in [-0.2, 0) is 0 Å². The predicted octanol–water partition coefficient (Wildman–Crippen LogP) is 7.30. The van der Waals surface area contributed by atoms with Crippen molar-refractivity contribution in [1.29, 1.82) is 0 Å². The molecule has 0 amide bonds. The minimum absolute atomic E-state index is 0.0657. The normalized spacial score (nSPS) is 12.9. The van der Waals surface area contributed by atoms with Crippen LogP contribution < -0.4 is 0 Å². The number of rotatable bonds is 24. The smallest absolute Gasteiger partial charge is 0.0540 e. The van der Waals surface area contributed by atoms with Crippen molar-refractivity contribution in [2.24, 2.45) is 0 Å². The van der Waals surface area contributed by atoms with Gasteiger partial charge in [-0.2, -0.15) is 0 Å². The van der Waals surface area contributed by atoms with Crippen LogP contribution >= 0.6 is 0 Å². The maximum absolute atomic E-state index is 9.68. The van der Waals surface area contributed by atoms with E-state index in [0.717, 1.165) is 64.2 Å². The van der Waals surface area contributed by atoms with E-state index in [2.05, 4.69) is 13.8 Å². The second-order valence-corrected chi connectivity index (χ2v) is 9.57. The molecule has 0 radical (unpaired) electrons. The van der Waals surface area contributed by atoms with E-state index in [4.69, 9.17) is 10.2 Å². The maximum atomic E-state index is 9.68. The Morgan fingerprint density at radius 3 is 0.906 bits per heavy atom. The molecule has 4 nitrogen and oxygen atoms in total. The van der Waals surface area contributed by atoms with Crippen LogP contribution in [0.5, 0.6) is 0 Å². The Labute approximate surface area is 201 Å². The van der Waals surface area contributed by atoms with Crippen LogP contribution in [0.3, 0.4) is 0 Å². The van der Waals surface area contributed by atoms with Gasteiger partial charge in [-0.1, -0.05) is 117 Å². The Morgan fingerprint density at radius 1 is 0.375 bits per heavy atom. The van der Waals surface area contributed by atoms with Gasteiger partial charge in [-0.15, -0.1) is 0 Å². The molecule has 0 aromatic rings. The van der Waals surface area contributed by atoms with Crippen molar-refractivity contribution < 1.29 is 20.4 Å². The molecular formula is C28H60O4. The average Bonchev–Trinajstić information content (AvgIpc) is 2.79. The van der Waals surface area contributed by atoms with E-state index in [1.807, 2.05) is 0 Å². The Kier molecular flexibility index (Phi) is 32.8. The number of aliphatic hydroxyl groups is 4. The fourth-order valence-electron chi connectivity index (χ4n) is 3.95. The summed E-state index contributed by atoms with van der Waals surface area (Å²) in [5.41, 5.74) is 0. The minimum atomic E-state index is -0.0657. The van der Waals surface area contributed by atoms with Crippen molar-refractivity contribution in [1.82, 2.24) is 0 Å². The lowest BCUT2D eigenvalue weighted by Gasteiger charge is -2.09. The summed E-state index contributed by atoms with van der Waals surface area (Å²) in [5, 5.41) is 36.6. The lowest BCUT2D eigenvalue weighted by molar-refractivity contribution is 0.147. The van der Waals surface area contributed by atoms with Crippen molar-refractivity contribution >= 4 is 0 Å². The van der Waals surface area contributed by atoms with Crippen molar-refractivity contribution in [3.05, 3.63) is 0 Å². The summed E-state index contributed by atoms with van der Waals surface area (Å²) in [6, 6.07) is 0. The molecule has 0 aromatic heterocycles. The standard InChI is InChI=1S/2C14H30O2/c2*1-2-3-8-11-14(16)12-9-6-4-5-7-10-13-15/h2*14-16H,2-13H2,1H3. The number of unbranched alkanes of at least 4 members (excludes halogenated alkanes) is 14. The molecule has 0 bridgehead atoms. The van der Waals surface area contributed by atoms with Gasteiger partial charge in [-0.3, -0.25) is 0 Å². The van der Waals surface area contributed by atoms with Gasteiger partial charge in [-0.05, 0) is 38.5 Å². The third-order valence-corrected chi connectivity index (χ3v) is 6.17. The molecule has 0 aromatic carbocycles. The highest BCUT2D eigenvalue weighted by Gasteiger charge is 2.03. The zero-order valence-corrected chi connectivity index (χ0v) is 21.9. The fraction of sp³-hybridized carbons (Fsp3) is 1.00. The third kappa shape index (κ3) is 32.0. The SMILES string of the molecule is CCCCCC(O)CCCCCCCCO.CCCCCC(O)CCCCCCCCO. The Bertz CT molecular complexity index is 282. The molecule has 0 aliphatic carbocycles.